The van der Waals surface area contributed by atoms with Gasteiger partial charge in [0, 0.05) is 16.9 Å². The van der Waals surface area contributed by atoms with Gasteiger partial charge in [0.05, 0.1) is 12.8 Å². The number of ether oxygens (including phenoxy) is 1. The second kappa shape index (κ2) is 8.65. The van der Waals surface area contributed by atoms with Crippen molar-refractivity contribution in [3.63, 3.8) is 0 Å². The number of benzene rings is 1. The van der Waals surface area contributed by atoms with Crippen molar-refractivity contribution in [1.29, 1.82) is 0 Å². The Morgan fingerprint density at radius 3 is 2.96 bits per heavy atom. The predicted molar refractivity (Wildman–Crippen MR) is 105 cm³/mol. The molecule has 1 fully saturated rings. The van der Waals surface area contributed by atoms with Gasteiger partial charge in [-0.2, -0.15) is 0 Å². The van der Waals surface area contributed by atoms with E-state index in [0.717, 1.165) is 41.8 Å². The fourth-order valence-electron chi connectivity index (χ4n) is 3.34. The maximum absolute atomic E-state index is 12.5. The second-order valence-electron chi connectivity index (χ2n) is 6.26. The lowest BCUT2D eigenvalue weighted by Gasteiger charge is -2.16. The van der Waals surface area contributed by atoms with Crippen LogP contribution in [0, 0.1) is 18.8 Å². The first-order valence-corrected chi connectivity index (χ1v) is 9.11. The number of carbonyl (C=O) groups is 1. The molecule has 7 heteroatoms. The Kier molecular flexibility index (Phi) is 6.81. The topological polar surface area (TPSA) is 77.2 Å². The number of anilines is 1. The Balaban J connectivity index is 0.00000225. The molecule has 3 N–H and O–H groups in total. The van der Waals surface area contributed by atoms with Crippen LogP contribution in [0.25, 0.3) is 11.3 Å². The van der Waals surface area contributed by atoms with Crippen molar-refractivity contribution in [3.8, 4) is 17.0 Å². The number of methoxy groups -OCH3 is 1. The first-order chi connectivity index (χ1) is 11.6. The van der Waals surface area contributed by atoms with Gasteiger partial charge in [0.15, 0.2) is 5.13 Å². The molecule has 1 aliphatic rings. The summed E-state index contributed by atoms with van der Waals surface area (Å²) in [4.78, 5) is 17.1. The summed E-state index contributed by atoms with van der Waals surface area (Å²) in [5.41, 5.74) is 8.67. The highest BCUT2D eigenvalue weighted by Gasteiger charge is 2.32. The average molecular weight is 382 g/mol. The van der Waals surface area contributed by atoms with Crippen LogP contribution in [0.2, 0.25) is 0 Å². The number of nitrogens with zero attached hydrogens (tertiary/aromatic N) is 1. The molecule has 3 rings (SSSR count). The number of rotatable bonds is 5. The molecule has 1 amide bonds. The number of nitrogens with two attached hydrogens (primary N) is 1. The van der Waals surface area contributed by atoms with E-state index in [9.17, 15) is 4.79 Å². The van der Waals surface area contributed by atoms with E-state index in [2.05, 4.69) is 10.3 Å². The molecule has 0 unspecified atom stereocenters. The molecule has 2 atom stereocenters. The van der Waals surface area contributed by atoms with Gasteiger partial charge in [-0.3, -0.25) is 4.79 Å². The van der Waals surface area contributed by atoms with E-state index >= 15 is 0 Å². The molecule has 136 valence electrons. The molecule has 25 heavy (non-hydrogen) atoms. The van der Waals surface area contributed by atoms with Crippen molar-refractivity contribution in [2.45, 2.75) is 26.2 Å². The minimum Gasteiger partial charge on any atom is -0.496 e. The molecule has 0 saturated heterocycles. The first-order valence-electron chi connectivity index (χ1n) is 8.24. The summed E-state index contributed by atoms with van der Waals surface area (Å²) in [6, 6.07) is 5.98. The smallest absolute Gasteiger partial charge is 0.229 e. The van der Waals surface area contributed by atoms with E-state index in [1.165, 1.54) is 11.3 Å². The van der Waals surface area contributed by atoms with Gasteiger partial charge < -0.3 is 15.8 Å². The van der Waals surface area contributed by atoms with Gasteiger partial charge in [-0.15, -0.1) is 23.7 Å². The van der Waals surface area contributed by atoms with Gasteiger partial charge in [-0.05, 0) is 44.4 Å². The Labute approximate surface area is 158 Å². The van der Waals surface area contributed by atoms with Crippen LogP contribution in [0.4, 0.5) is 5.13 Å². The highest BCUT2D eigenvalue weighted by molar-refractivity contribution is 7.14. The Morgan fingerprint density at radius 2 is 2.24 bits per heavy atom. The molecule has 0 bridgehead atoms. The lowest BCUT2D eigenvalue weighted by molar-refractivity contribution is -0.120. The zero-order valence-electron chi connectivity index (χ0n) is 14.5. The number of hydrogen-bond acceptors (Lipinski definition) is 5. The molecule has 0 radical (unpaired) electrons. The van der Waals surface area contributed by atoms with Gasteiger partial charge in [0.2, 0.25) is 5.91 Å². The normalized spacial score (nSPS) is 19.3. The Hall–Kier alpha value is -1.63. The molecular weight excluding hydrogens is 358 g/mol. The molecule has 1 aliphatic carbocycles. The summed E-state index contributed by atoms with van der Waals surface area (Å²) >= 11 is 1.44. The fraction of sp³-hybridized carbons (Fsp3) is 0.444. The van der Waals surface area contributed by atoms with E-state index in [1.807, 2.05) is 30.5 Å². The maximum atomic E-state index is 12.5. The summed E-state index contributed by atoms with van der Waals surface area (Å²) in [5.74, 6) is 1.12. The van der Waals surface area contributed by atoms with Crippen molar-refractivity contribution in [3.05, 3.63) is 29.1 Å². The van der Waals surface area contributed by atoms with Crippen LogP contribution in [0.1, 0.15) is 24.8 Å². The van der Waals surface area contributed by atoms with Gasteiger partial charge >= 0.3 is 0 Å². The van der Waals surface area contributed by atoms with Crippen LogP contribution < -0.4 is 15.8 Å². The SMILES string of the molecule is COc1ccc(C)cc1-c1csc(NC(=O)[C@@H]2CCC[C@@H]2CN)n1.Cl. The van der Waals surface area contributed by atoms with Crippen molar-refractivity contribution < 1.29 is 9.53 Å². The standard InChI is InChI=1S/C18H23N3O2S.ClH/c1-11-6-7-16(23-2)14(8-11)15-10-24-18(20-15)21-17(22)13-5-3-4-12(13)9-19;/h6-8,10,12-13H,3-5,9,19H2,1-2H3,(H,20,21,22);1H/t12-,13-;/m1./s1. The number of carbonyl (C=O) groups excluding carboxylic acids is 1. The maximum Gasteiger partial charge on any atom is 0.229 e. The summed E-state index contributed by atoms with van der Waals surface area (Å²) < 4.78 is 5.42. The van der Waals surface area contributed by atoms with E-state index in [-0.39, 0.29) is 24.2 Å². The van der Waals surface area contributed by atoms with Gasteiger partial charge in [0.25, 0.3) is 0 Å². The third kappa shape index (κ3) is 4.32. The fourth-order valence-corrected chi connectivity index (χ4v) is 4.05. The van der Waals surface area contributed by atoms with E-state index in [0.29, 0.717) is 17.6 Å². The molecule has 1 saturated carbocycles. The lowest BCUT2D eigenvalue weighted by Crippen LogP contribution is -2.29. The van der Waals surface area contributed by atoms with Crippen molar-refractivity contribution >= 4 is 34.8 Å². The second-order valence-corrected chi connectivity index (χ2v) is 7.12. The van der Waals surface area contributed by atoms with Gasteiger partial charge in [-0.1, -0.05) is 18.1 Å². The number of nitrogens with one attached hydrogen (secondary N) is 1. The number of amides is 1. The Morgan fingerprint density at radius 1 is 1.44 bits per heavy atom. The van der Waals surface area contributed by atoms with Gasteiger partial charge in [-0.25, -0.2) is 4.98 Å². The summed E-state index contributed by atoms with van der Waals surface area (Å²) in [6.45, 7) is 2.60. The van der Waals surface area contributed by atoms with Crippen molar-refractivity contribution in [2.24, 2.45) is 17.6 Å². The zero-order valence-corrected chi connectivity index (χ0v) is 16.1. The van der Waals surface area contributed by atoms with Crippen molar-refractivity contribution in [2.75, 3.05) is 19.0 Å². The van der Waals surface area contributed by atoms with Crippen LogP contribution in [-0.4, -0.2) is 24.5 Å². The minimum absolute atomic E-state index is 0. The first kappa shape index (κ1) is 19.7. The molecule has 1 heterocycles. The monoisotopic (exact) mass is 381 g/mol. The van der Waals surface area contributed by atoms with Gasteiger partial charge in [0.1, 0.15) is 5.75 Å². The summed E-state index contributed by atoms with van der Waals surface area (Å²) in [6.07, 6.45) is 3.03. The largest absolute Gasteiger partial charge is 0.496 e. The molecule has 1 aromatic carbocycles. The number of aromatic nitrogens is 1. The van der Waals surface area contributed by atoms with Crippen LogP contribution in [0.3, 0.4) is 0 Å². The Bertz CT molecular complexity index is 735. The van der Waals surface area contributed by atoms with Crippen LogP contribution >= 0.6 is 23.7 Å². The van der Waals surface area contributed by atoms with E-state index in [1.54, 1.807) is 7.11 Å². The summed E-state index contributed by atoms with van der Waals surface area (Å²) in [5, 5.41) is 5.54. The molecule has 0 aliphatic heterocycles. The van der Waals surface area contributed by atoms with E-state index in [4.69, 9.17) is 10.5 Å². The highest BCUT2D eigenvalue weighted by Crippen LogP contribution is 2.35. The van der Waals surface area contributed by atoms with Crippen LogP contribution in [0.15, 0.2) is 23.6 Å². The minimum atomic E-state index is 0. The lowest BCUT2D eigenvalue weighted by atomic mass is 9.95. The number of aryl methyl sites for hydroxylation is 1. The quantitative estimate of drug-likeness (QED) is 0.824. The molecule has 5 nitrogen and oxygen atoms in total. The molecule has 1 aromatic heterocycles. The van der Waals surface area contributed by atoms with Crippen LogP contribution in [0.5, 0.6) is 5.75 Å². The molecular formula is C18H24ClN3O2S. The third-order valence-corrected chi connectivity index (χ3v) is 5.42. The van der Waals surface area contributed by atoms with E-state index < -0.39 is 0 Å². The summed E-state index contributed by atoms with van der Waals surface area (Å²) in [7, 11) is 1.65. The zero-order chi connectivity index (χ0) is 17.1. The predicted octanol–water partition coefficient (Wildman–Crippen LogP) is 3.86. The molecule has 2 aromatic rings. The molecule has 0 spiro atoms. The third-order valence-electron chi connectivity index (χ3n) is 4.66. The van der Waals surface area contributed by atoms with Crippen molar-refractivity contribution in [1.82, 2.24) is 4.98 Å². The van der Waals surface area contributed by atoms with Crippen LogP contribution in [-0.2, 0) is 4.79 Å². The highest BCUT2D eigenvalue weighted by atomic mass is 35.5. The number of thiazole rings is 1. The average Bonchev–Trinajstić information content (AvgIpc) is 3.23. The number of halogens is 1. The number of hydrogen-bond donors (Lipinski definition) is 2.